The van der Waals surface area contributed by atoms with Crippen molar-refractivity contribution in [2.45, 2.75) is 38.0 Å². The van der Waals surface area contributed by atoms with Crippen molar-refractivity contribution in [3.63, 3.8) is 0 Å². The van der Waals surface area contributed by atoms with E-state index in [9.17, 15) is 27.9 Å². The Kier molecular flexibility index (Phi) is 5.46. The molecule has 0 fully saturated rings. The number of benzene rings is 1. The SMILES string of the molecule is CN(Cc1nnc2n1CCCC2C(F)(F)F)C(=O)c1cc(Br)c(O)c(C=O)c1. The van der Waals surface area contributed by atoms with E-state index in [0.29, 0.717) is 19.3 Å². The molecule has 1 aliphatic rings. The Hall–Kier alpha value is -2.43. The molecule has 0 saturated carbocycles. The highest BCUT2D eigenvalue weighted by atomic mass is 79.9. The highest BCUT2D eigenvalue weighted by Gasteiger charge is 2.45. The molecule has 0 aliphatic carbocycles. The number of alkyl halides is 3. The Morgan fingerprint density at radius 3 is 2.79 bits per heavy atom. The number of aromatic nitrogens is 3. The van der Waals surface area contributed by atoms with Gasteiger partial charge in [-0.15, -0.1) is 10.2 Å². The van der Waals surface area contributed by atoms with Crippen molar-refractivity contribution in [3.05, 3.63) is 39.4 Å². The number of carbonyl (C=O) groups is 2. The molecular weight excluding hydrogens is 445 g/mol. The minimum absolute atomic E-state index is 0.0353. The molecule has 0 saturated heterocycles. The van der Waals surface area contributed by atoms with Gasteiger partial charge in [0.05, 0.1) is 16.6 Å². The maximum absolute atomic E-state index is 13.2. The minimum atomic E-state index is -4.40. The summed E-state index contributed by atoms with van der Waals surface area (Å²) in [5.41, 5.74) is 0.0832. The topological polar surface area (TPSA) is 88.3 Å². The van der Waals surface area contributed by atoms with Crippen molar-refractivity contribution in [1.82, 2.24) is 19.7 Å². The Bertz CT molecular complexity index is 929. The molecule has 1 N–H and O–H groups in total. The number of phenolic OH excluding ortho intramolecular Hbond substituents is 1. The van der Waals surface area contributed by atoms with Crippen molar-refractivity contribution in [2.75, 3.05) is 7.05 Å². The summed E-state index contributed by atoms with van der Waals surface area (Å²) >= 11 is 3.08. The number of rotatable bonds is 4. The molecule has 0 spiro atoms. The number of halogens is 4. The lowest BCUT2D eigenvalue weighted by Gasteiger charge is -2.26. The summed E-state index contributed by atoms with van der Waals surface area (Å²) in [6, 6.07) is 2.60. The van der Waals surface area contributed by atoms with E-state index in [4.69, 9.17) is 0 Å². The second-order valence-electron chi connectivity index (χ2n) is 6.54. The molecule has 2 aromatic rings. The summed E-state index contributed by atoms with van der Waals surface area (Å²) in [5.74, 6) is -2.30. The highest BCUT2D eigenvalue weighted by molar-refractivity contribution is 9.10. The molecule has 3 rings (SSSR count). The Morgan fingerprint density at radius 1 is 1.43 bits per heavy atom. The number of hydrogen-bond donors (Lipinski definition) is 1. The minimum Gasteiger partial charge on any atom is -0.506 e. The van der Waals surface area contributed by atoms with Gasteiger partial charge in [-0.05, 0) is 40.9 Å². The lowest BCUT2D eigenvalue weighted by molar-refractivity contribution is -0.156. The Morgan fingerprint density at radius 2 is 2.14 bits per heavy atom. The van der Waals surface area contributed by atoms with Crippen molar-refractivity contribution < 1.29 is 27.9 Å². The van der Waals surface area contributed by atoms with Crippen molar-refractivity contribution in [1.29, 1.82) is 0 Å². The molecule has 28 heavy (non-hydrogen) atoms. The zero-order chi connectivity index (χ0) is 20.6. The first-order chi connectivity index (χ1) is 13.1. The number of hydrogen-bond acceptors (Lipinski definition) is 5. The maximum atomic E-state index is 13.2. The molecular formula is C17H16BrF3N4O3. The molecule has 1 aromatic carbocycles. The third-order valence-electron chi connectivity index (χ3n) is 4.63. The monoisotopic (exact) mass is 460 g/mol. The third-order valence-corrected chi connectivity index (χ3v) is 5.23. The molecule has 2 heterocycles. The molecule has 0 radical (unpaired) electrons. The van der Waals surface area contributed by atoms with Gasteiger partial charge in [0.2, 0.25) is 0 Å². The van der Waals surface area contributed by atoms with Gasteiger partial charge >= 0.3 is 6.18 Å². The lowest BCUT2D eigenvalue weighted by atomic mass is 9.98. The maximum Gasteiger partial charge on any atom is 0.398 e. The van der Waals surface area contributed by atoms with Gasteiger partial charge in [-0.1, -0.05) is 0 Å². The van der Waals surface area contributed by atoms with E-state index in [1.54, 1.807) is 0 Å². The van der Waals surface area contributed by atoms with Crippen LogP contribution in [-0.2, 0) is 13.1 Å². The second-order valence-corrected chi connectivity index (χ2v) is 7.39. The van der Waals surface area contributed by atoms with E-state index in [1.807, 2.05) is 0 Å². The van der Waals surface area contributed by atoms with Crippen LogP contribution in [0.5, 0.6) is 5.75 Å². The van der Waals surface area contributed by atoms with Gasteiger partial charge < -0.3 is 14.6 Å². The van der Waals surface area contributed by atoms with Crippen molar-refractivity contribution in [3.8, 4) is 5.75 Å². The van der Waals surface area contributed by atoms with Crippen LogP contribution in [0.15, 0.2) is 16.6 Å². The zero-order valence-corrected chi connectivity index (χ0v) is 16.3. The molecule has 1 aromatic heterocycles. The third kappa shape index (κ3) is 3.75. The standard InChI is InChI=1S/C17H16BrF3N4O3/c1-24(16(28)9-5-10(8-26)14(27)12(18)6-9)7-13-22-23-15-11(17(19,20)21)3-2-4-25(13)15/h5-6,8,11,27H,2-4,7H2,1H3. The number of phenols is 1. The summed E-state index contributed by atoms with van der Waals surface area (Å²) in [5, 5.41) is 17.3. The quantitative estimate of drug-likeness (QED) is 0.707. The first-order valence-electron chi connectivity index (χ1n) is 8.35. The average molecular weight is 461 g/mol. The molecule has 150 valence electrons. The second kappa shape index (κ2) is 7.53. The van der Waals surface area contributed by atoms with Gasteiger partial charge in [0, 0.05) is 19.2 Å². The number of aromatic hydroxyl groups is 1. The zero-order valence-electron chi connectivity index (χ0n) is 14.7. The molecule has 1 unspecified atom stereocenters. The van der Waals surface area contributed by atoms with Crippen LogP contribution in [0.25, 0.3) is 0 Å². The van der Waals surface area contributed by atoms with E-state index in [0.717, 1.165) is 0 Å². The summed E-state index contributed by atoms with van der Waals surface area (Å²) in [4.78, 5) is 25.0. The Labute approximate surface area is 166 Å². The van der Waals surface area contributed by atoms with E-state index >= 15 is 0 Å². The van der Waals surface area contributed by atoms with Gasteiger partial charge in [0.15, 0.2) is 12.1 Å². The van der Waals surface area contributed by atoms with Crippen LogP contribution in [0.3, 0.4) is 0 Å². The van der Waals surface area contributed by atoms with Crippen LogP contribution < -0.4 is 0 Å². The average Bonchev–Trinajstić information content (AvgIpc) is 3.05. The number of fused-ring (bicyclic) bond motifs is 1. The van der Waals surface area contributed by atoms with E-state index in [2.05, 4.69) is 26.1 Å². The smallest absolute Gasteiger partial charge is 0.398 e. The Balaban J connectivity index is 1.84. The summed E-state index contributed by atoms with van der Waals surface area (Å²) in [6.45, 7) is 0.303. The first kappa shape index (κ1) is 20.3. The summed E-state index contributed by atoms with van der Waals surface area (Å²) in [6.07, 6.45) is -3.67. The largest absolute Gasteiger partial charge is 0.506 e. The highest BCUT2D eigenvalue weighted by Crippen LogP contribution is 2.40. The lowest BCUT2D eigenvalue weighted by Crippen LogP contribution is -2.31. The fourth-order valence-electron chi connectivity index (χ4n) is 3.20. The van der Waals surface area contributed by atoms with Gasteiger partial charge in [0.1, 0.15) is 17.5 Å². The van der Waals surface area contributed by atoms with Crippen LogP contribution in [0, 0.1) is 0 Å². The van der Waals surface area contributed by atoms with Gasteiger partial charge in [-0.2, -0.15) is 13.2 Å². The predicted octanol–water partition coefficient (Wildman–Crippen LogP) is 3.27. The van der Waals surface area contributed by atoms with Crippen LogP contribution in [-0.4, -0.2) is 50.2 Å². The van der Waals surface area contributed by atoms with Crippen molar-refractivity contribution >= 4 is 28.1 Å². The van der Waals surface area contributed by atoms with E-state index in [-0.39, 0.29) is 46.0 Å². The molecule has 1 aliphatic heterocycles. The number of amides is 1. The summed E-state index contributed by atoms with van der Waals surface area (Å²) < 4.78 is 41.1. The molecule has 1 atom stereocenters. The first-order valence-corrected chi connectivity index (χ1v) is 9.14. The van der Waals surface area contributed by atoms with Crippen LogP contribution in [0.4, 0.5) is 13.2 Å². The normalized spacial score (nSPS) is 16.5. The molecule has 7 nitrogen and oxygen atoms in total. The van der Waals surface area contributed by atoms with Gasteiger partial charge in [-0.25, -0.2) is 0 Å². The van der Waals surface area contributed by atoms with Gasteiger partial charge in [0.25, 0.3) is 5.91 Å². The molecule has 1 amide bonds. The fourth-order valence-corrected chi connectivity index (χ4v) is 3.67. The van der Waals surface area contributed by atoms with Crippen molar-refractivity contribution in [2.24, 2.45) is 0 Å². The number of aldehydes is 1. The van der Waals surface area contributed by atoms with Crippen LogP contribution >= 0.6 is 15.9 Å². The van der Waals surface area contributed by atoms with E-state index < -0.39 is 18.0 Å². The van der Waals surface area contributed by atoms with Gasteiger partial charge in [-0.3, -0.25) is 9.59 Å². The van der Waals surface area contributed by atoms with E-state index in [1.165, 1.54) is 28.6 Å². The van der Waals surface area contributed by atoms with Crippen LogP contribution in [0.2, 0.25) is 0 Å². The summed E-state index contributed by atoms with van der Waals surface area (Å²) in [7, 11) is 1.47. The van der Waals surface area contributed by atoms with Crippen LogP contribution in [0.1, 0.15) is 51.1 Å². The fraction of sp³-hybridized carbons (Fsp3) is 0.412. The predicted molar refractivity (Wildman–Crippen MR) is 95.0 cm³/mol. The number of nitrogens with zero attached hydrogens (tertiary/aromatic N) is 4. The molecule has 11 heteroatoms. The number of carbonyl (C=O) groups excluding carboxylic acids is 2. The molecule has 0 bridgehead atoms.